The van der Waals surface area contributed by atoms with Crippen LogP contribution >= 0.6 is 11.6 Å². The number of likely N-dealkylation sites (N-methyl/N-ethyl adjacent to an activating group) is 1. The molecular weight excluding hydrogens is 272 g/mol. The highest BCUT2D eigenvalue weighted by Crippen LogP contribution is 2.19. The van der Waals surface area contributed by atoms with Gasteiger partial charge in [0.25, 0.3) is 0 Å². The minimum absolute atomic E-state index is 0.244. The van der Waals surface area contributed by atoms with Gasteiger partial charge in [0.15, 0.2) is 0 Å². The molecular formula is C15H25ClN4. The van der Waals surface area contributed by atoms with E-state index in [0.717, 1.165) is 18.7 Å². The Morgan fingerprint density at radius 1 is 1.30 bits per heavy atom. The molecule has 0 saturated carbocycles. The van der Waals surface area contributed by atoms with Gasteiger partial charge in [0.2, 0.25) is 0 Å². The molecule has 2 rings (SSSR count). The lowest BCUT2D eigenvalue weighted by atomic mass is 10.1. The molecule has 0 amide bonds. The topological polar surface area (TPSA) is 31.4 Å². The summed E-state index contributed by atoms with van der Waals surface area (Å²) in [7, 11) is 0. The molecule has 1 fully saturated rings. The van der Waals surface area contributed by atoms with Crippen LogP contribution in [0.3, 0.4) is 0 Å². The lowest BCUT2D eigenvalue weighted by Crippen LogP contribution is -2.47. The lowest BCUT2D eigenvalue weighted by molar-refractivity contribution is 0.137. The summed E-state index contributed by atoms with van der Waals surface area (Å²) in [5.74, 6) is 0. The summed E-state index contributed by atoms with van der Waals surface area (Å²) in [6.07, 6.45) is 1.73. The highest BCUT2D eigenvalue weighted by atomic mass is 35.5. The Kier molecular flexibility index (Phi) is 6.23. The summed E-state index contributed by atoms with van der Waals surface area (Å²) in [5, 5.41) is 4.13. The summed E-state index contributed by atoms with van der Waals surface area (Å²) >= 11 is 6.11. The molecule has 112 valence electrons. The minimum Gasteiger partial charge on any atom is -0.309 e. The van der Waals surface area contributed by atoms with E-state index >= 15 is 0 Å². The zero-order chi connectivity index (χ0) is 14.4. The first-order valence-corrected chi connectivity index (χ1v) is 7.87. The number of halogens is 1. The van der Waals surface area contributed by atoms with Crippen molar-refractivity contribution in [2.45, 2.75) is 19.9 Å². The van der Waals surface area contributed by atoms with Gasteiger partial charge in [-0.1, -0.05) is 24.6 Å². The standard InChI is InChI=1S/C15H25ClN4/c1-3-19-9-11-20(12-10-19)8-7-17-13(2)14-5-4-6-18-15(14)16/h4-6,13,17H,3,7-12H2,1-2H3. The van der Waals surface area contributed by atoms with E-state index in [2.05, 4.69) is 33.9 Å². The van der Waals surface area contributed by atoms with Crippen LogP contribution in [0.1, 0.15) is 25.5 Å². The largest absolute Gasteiger partial charge is 0.309 e. The van der Waals surface area contributed by atoms with Crippen molar-refractivity contribution < 1.29 is 0 Å². The number of piperazine rings is 1. The minimum atomic E-state index is 0.244. The Hall–Kier alpha value is -0.680. The van der Waals surface area contributed by atoms with Gasteiger partial charge in [-0.05, 0) is 19.5 Å². The molecule has 0 aromatic carbocycles. The van der Waals surface area contributed by atoms with Crippen LogP contribution in [0.15, 0.2) is 18.3 Å². The maximum atomic E-state index is 6.11. The second-order valence-electron chi connectivity index (χ2n) is 5.34. The van der Waals surface area contributed by atoms with Gasteiger partial charge in [-0.15, -0.1) is 0 Å². The number of aromatic nitrogens is 1. The molecule has 0 aliphatic carbocycles. The molecule has 1 atom stereocenters. The Balaban J connectivity index is 1.70. The molecule has 1 aromatic heterocycles. The van der Waals surface area contributed by atoms with Crippen LogP contribution in [-0.4, -0.2) is 60.6 Å². The monoisotopic (exact) mass is 296 g/mol. The van der Waals surface area contributed by atoms with Gasteiger partial charge >= 0.3 is 0 Å². The molecule has 1 aliphatic rings. The van der Waals surface area contributed by atoms with Gasteiger partial charge in [-0.2, -0.15) is 0 Å². The second-order valence-corrected chi connectivity index (χ2v) is 5.69. The number of pyridine rings is 1. The van der Waals surface area contributed by atoms with Crippen LogP contribution < -0.4 is 5.32 Å². The first-order chi connectivity index (χ1) is 9.70. The maximum absolute atomic E-state index is 6.11. The average molecular weight is 297 g/mol. The average Bonchev–Trinajstić information content (AvgIpc) is 2.48. The fourth-order valence-corrected chi connectivity index (χ4v) is 2.88. The summed E-state index contributed by atoms with van der Waals surface area (Å²) in [5.41, 5.74) is 1.07. The molecule has 2 heterocycles. The van der Waals surface area contributed by atoms with E-state index in [4.69, 9.17) is 11.6 Å². The SMILES string of the molecule is CCN1CCN(CCNC(C)c2cccnc2Cl)CC1. The molecule has 1 saturated heterocycles. The van der Waals surface area contributed by atoms with E-state index in [1.54, 1.807) is 6.20 Å². The zero-order valence-electron chi connectivity index (χ0n) is 12.5. The highest BCUT2D eigenvalue weighted by molar-refractivity contribution is 6.30. The van der Waals surface area contributed by atoms with Crippen molar-refractivity contribution in [1.82, 2.24) is 20.1 Å². The van der Waals surface area contributed by atoms with Gasteiger partial charge in [0.05, 0.1) is 0 Å². The Labute approximate surface area is 127 Å². The summed E-state index contributed by atoms with van der Waals surface area (Å²) in [6.45, 7) is 12.4. The van der Waals surface area contributed by atoms with Crippen LogP contribution in [0, 0.1) is 0 Å². The van der Waals surface area contributed by atoms with E-state index in [-0.39, 0.29) is 6.04 Å². The third-order valence-electron chi connectivity index (χ3n) is 4.05. The first-order valence-electron chi connectivity index (χ1n) is 7.49. The van der Waals surface area contributed by atoms with Crippen LogP contribution in [0.5, 0.6) is 0 Å². The fourth-order valence-electron chi connectivity index (χ4n) is 2.60. The quantitative estimate of drug-likeness (QED) is 0.814. The number of hydrogen-bond acceptors (Lipinski definition) is 4. The molecule has 1 N–H and O–H groups in total. The van der Waals surface area contributed by atoms with Gasteiger partial charge in [0, 0.05) is 57.1 Å². The molecule has 1 unspecified atom stereocenters. The third kappa shape index (κ3) is 4.42. The number of rotatable bonds is 6. The maximum Gasteiger partial charge on any atom is 0.133 e. The fraction of sp³-hybridized carbons (Fsp3) is 0.667. The molecule has 1 aromatic rings. The van der Waals surface area contributed by atoms with E-state index in [1.165, 1.54) is 32.7 Å². The van der Waals surface area contributed by atoms with Crippen LogP contribution in [0.4, 0.5) is 0 Å². The molecule has 20 heavy (non-hydrogen) atoms. The molecule has 0 bridgehead atoms. The summed E-state index contributed by atoms with van der Waals surface area (Å²) in [6, 6.07) is 4.21. The Morgan fingerprint density at radius 2 is 2.00 bits per heavy atom. The smallest absolute Gasteiger partial charge is 0.133 e. The van der Waals surface area contributed by atoms with Crippen molar-refractivity contribution in [1.29, 1.82) is 0 Å². The number of nitrogens with zero attached hydrogens (tertiary/aromatic N) is 3. The van der Waals surface area contributed by atoms with Gasteiger partial charge in [-0.25, -0.2) is 4.98 Å². The van der Waals surface area contributed by atoms with Crippen molar-refractivity contribution in [3.63, 3.8) is 0 Å². The summed E-state index contributed by atoms with van der Waals surface area (Å²) in [4.78, 5) is 9.15. The van der Waals surface area contributed by atoms with Crippen molar-refractivity contribution in [2.75, 3.05) is 45.8 Å². The normalized spacial score (nSPS) is 19.1. The van der Waals surface area contributed by atoms with Crippen molar-refractivity contribution in [2.24, 2.45) is 0 Å². The van der Waals surface area contributed by atoms with E-state index in [0.29, 0.717) is 5.15 Å². The molecule has 1 aliphatic heterocycles. The van der Waals surface area contributed by atoms with Crippen LogP contribution in [-0.2, 0) is 0 Å². The summed E-state index contributed by atoms with van der Waals surface area (Å²) < 4.78 is 0. The predicted molar refractivity (Wildman–Crippen MR) is 84.2 cm³/mol. The zero-order valence-corrected chi connectivity index (χ0v) is 13.2. The van der Waals surface area contributed by atoms with Crippen LogP contribution in [0.25, 0.3) is 0 Å². The van der Waals surface area contributed by atoms with Crippen LogP contribution in [0.2, 0.25) is 5.15 Å². The lowest BCUT2D eigenvalue weighted by Gasteiger charge is -2.34. The van der Waals surface area contributed by atoms with E-state index < -0.39 is 0 Å². The second kappa shape index (κ2) is 7.93. The third-order valence-corrected chi connectivity index (χ3v) is 4.36. The predicted octanol–water partition coefficient (Wildman–Crippen LogP) is 2.02. The van der Waals surface area contributed by atoms with E-state index in [1.807, 2.05) is 12.1 Å². The molecule has 0 radical (unpaired) electrons. The van der Waals surface area contributed by atoms with Gasteiger partial charge in [0.1, 0.15) is 5.15 Å². The van der Waals surface area contributed by atoms with Gasteiger partial charge in [-0.3, -0.25) is 4.90 Å². The number of nitrogens with one attached hydrogen (secondary N) is 1. The van der Waals surface area contributed by atoms with Crippen molar-refractivity contribution >= 4 is 11.6 Å². The number of hydrogen-bond donors (Lipinski definition) is 1. The molecule has 0 spiro atoms. The molecule has 4 nitrogen and oxygen atoms in total. The molecule has 5 heteroatoms. The Bertz CT molecular complexity index is 405. The Morgan fingerprint density at radius 3 is 2.65 bits per heavy atom. The van der Waals surface area contributed by atoms with Crippen molar-refractivity contribution in [3.8, 4) is 0 Å². The highest BCUT2D eigenvalue weighted by Gasteiger charge is 2.15. The first kappa shape index (κ1) is 15.7. The van der Waals surface area contributed by atoms with Crippen molar-refractivity contribution in [3.05, 3.63) is 29.0 Å². The van der Waals surface area contributed by atoms with E-state index in [9.17, 15) is 0 Å². The van der Waals surface area contributed by atoms with Gasteiger partial charge < -0.3 is 10.2 Å².